The lowest BCUT2D eigenvalue weighted by atomic mass is 10.3. The highest BCUT2D eigenvalue weighted by Gasteiger charge is 1.99. The van der Waals surface area contributed by atoms with Gasteiger partial charge in [0.1, 0.15) is 18.0 Å². The van der Waals surface area contributed by atoms with Crippen molar-refractivity contribution in [2.75, 3.05) is 36.9 Å². The molecule has 0 spiro atoms. The predicted molar refractivity (Wildman–Crippen MR) is 70.7 cm³/mol. The van der Waals surface area contributed by atoms with Crippen molar-refractivity contribution in [3.05, 3.63) is 12.4 Å². The Morgan fingerprint density at radius 3 is 2.59 bits per heavy atom. The average Bonchev–Trinajstić information content (AvgIpc) is 2.39. The summed E-state index contributed by atoms with van der Waals surface area (Å²) < 4.78 is 0. The number of nitrogens with zero attached hydrogens (tertiary/aromatic N) is 3. The Morgan fingerprint density at radius 2 is 1.94 bits per heavy atom. The molecule has 0 aliphatic heterocycles. The molecule has 1 aromatic rings. The van der Waals surface area contributed by atoms with Gasteiger partial charge in [0, 0.05) is 12.6 Å². The summed E-state index contributed by atoms with van der Waals surface area (Å²) in [7, 11) is 0. The molecular weight excluding hydrogens is 216 g/mol. The number of nitrogen functional groups attached to an aromatic ring is 1. The Labute approximate surface area is 103 Å². The highest BCUT2D eigenvalue weighted by Crippen LogP contribution is 2.06. The summed E-state index contributed by atoms with van der Waals surface area (Å²) in [6.07, 6.45) is 2.58. The van der Waals surface area contributed by atoms with Crippen molar-refractivity contribution in [1.82, 2.24) is 14.9 Å². The van der Waals surface area contributed by atoms with Gasteiger partial charge in [0.15, 0.2) is 0 Å². The molecule has 0 unspecified atom stereocenters. The van der Waals surface area contributed by atoms with Crippen molar-refractivity contribution in [2.24, 2.45) is 5.84 Å². The van der Waals surface area contributed by atoms with E-state index in [0.29, 0.717) is 5.82 Å². The minimum atomic E-state index is 0.617. The molecule has 0 aliphatic rings. The van der Waals surface area contributed by atoms with E-state index in [0.717, 1.165) is 38.4 Å². The lowest BCUT2D eigenvalue weighted by Gasteiger charge is -2.17. The second-order valence-corrected chi connectivity index (χ2v) is 3.74. The molecule has 0 saturated carbocycles. The summed E-state index contributed by atoms with van der Waals surface area (Å²) >= 11 is 0. The van der Waals surface area contributed by atoms with E-state index in [9.17, 15) is 0 Å². The minimum absolute atomic E-state index is 0.617. The smallest absolute Gasteiger partial charge is 0.145 e. The molecule has 0 atom stereocenters. The van der Waals surface area contributed by atoms with E-state index in [2.05, 4.69) is 39.5 Å². The van der Waals surface area contributed by atoms with E-state index < -0.39 is 0 Å². The van der Waals surface area contributed by atoms with E-state index in [1.54, 1.807) is 6.07 Å². The minimum Gasteiger partial charge on any atom is -0.370 e. The summed E-state index contributed by atoms with van der Waals surface area (Å²) in [6.45, 7) is 8.57. The van der Waals surface area contributed by atoms with Gasteiger partial charge in [-0.2, -0.15) is 0 Å². The van der Waals surface area contributed by atoms with Crippen LogP contribution in [0.4, 0.5) is 11.6 Å². The quantitative estimate of drug-likeness (QED) is 0.355. The summed E-state index contributed by atoms with van der Waals surface area (Å²) in [5, 5.41) is 3.25. The molecule has 96 valence electrons. The van der Waals surface area contributed by atoms with Crippen LogP contribution >= 0.6 is 0 Å². The van der Waals surface area contributed by atoms with E-state index in [1.165, 1.54) is 6.33 Å². The monoisotopic (exact) mass is 238 g/mol. The third-order valence-electron chi connectivity index (χ3n) is 2.67. The van der Waals surface area contributed by atoms with E-state index in [4.69, 9.17) is 5.84 Å². The zero-order valence-corrected chi connectivity index (χ0v) is 10.6. The zero-order valence-electron chi connectivity index (χ0n) is 10.6. The van der Waals surface area contributed by atoms with Gasteiger partial charge >= 0.3 is 0 Å². The first-order valence-electron chi connectivity index (χ1n) is 6.05. The number of hydrazine groups is 1. The third-order valence-corrected chi connectivity index (χ3v) is 2.67. The molecule has 0 aromatic carbocycles. The fourth-order valence-electron chi connectivity index (χ4n) is 1.59. The van der Waals surface area contributed by atoms with E-state index in [-0.39, 0.29) is 0 Å². The Morgan fingerprint density at radius 1 is 1.24 bits per heavy atom. The molecule has 0 amide bonds. The summed E-state index contributed by atoms with van der Waals surface area (Å²) in [5.74, 6) is 6.69. The molecule has 6 nitrogen and oxygen atoms in total. The maximum absolute atomic E-state index is 5.27. The molecule has 0 fully saturated rings. The first-order valence-corrected chi connectivity index (χ1v) is 6.05. The molecule has 0 radical (unpaired) electrons. The number of anilines is 2. The van der Waals surface area contributed by atoms with Gasteiger partial charge in [-0.15, -0.1) is 0 Å². The Hall–Kier alpha value is -1.40. The topological polar surface area (TPSA) is 79.1 Å². The molecule has 4 N–H and O–H groups in total. The summed E-state index contributed by atoms with van der Waals surface area (Å²) in [6, 6.07) is 1.79. The third kappa shape index (κ3) is 4.97. The molecule has 17 heavy (non-hydrogen) atoms. The first kappa shape index (κ1) is 13.7. The molecule has 0 bridgehead atoms. The van der Waals surface area contributed by atoms with E-state index >= 15 is 0 Å². The van der Waals surface area contributed by atoms with Crippen molar-refractivity contribution >= 4 is 11.6 Å². The second-order valence-electron chi connectivity index (χ2n) is 3.74. The highest BCUT2D eigenvalue weighted by atomic mass is 15.3. The van der Waals surface area contributed by atoms with Gasteiger partial charge in [-0.1, -0.05) is 13.8 Å². The molecule has 0 aliphatic carbocycles. The van der Waals surface area contributed by atoms with Crippen molar-refractivity contribution in [3.8, 4) is 0 Å². The highest BCUT2D eigenvalue weighted by molar-refractivity contribution is 5.45. The molecule has 1 rings (SSSR count). The van der Waals surface area contributed by atoms with Gasteiger partial charge in [-0.25, -0.2) is 15.8 Å². The molecule has 0 saturated heterocycles. The Kier molecular flexibility index (Phi) is 6.27. The number of nitrogens with one attached hydrogen (secondary N) is 2. The van der Waals surface area contributed by atoms with Crippen LogP contribution in [0, 0.1) is 0 Å². The normalized spacial score (nSPS) is 10.6. The largest absolute Gasteiger partial charge is 0.370 e. The van der Waals surface area contributed by atoms with Gasteiger partial charge in [-0.05, 0) is 26.1 Å². The van der Waals surface area contributed by atoms with Crippen molar-refractivity contribution in [2.45, 2.75) is 20.3 Å². The number of nitrogens with two attached hydrogens (primary N) is 1. The number of hydrogen-bond acceptors (Lipinski definition) is 6. The molecular formula is C11H22N6. The lowest BCUT2D eigenvalue weighted by Crippen LogP contribution is -2.25. The van der Waals surface area contributed by atoms with Crippen molar-refractivity contribution < 1.29 is 0 Å². The lowest BCUT2D eigenvalue weighted by molar-refractivity contribution is 0.303. The van der Waals surface area contributed by atoms with Crippen LogP contribution in [-0.4, -0.2) is 41.0 Å². The maximum Gasteiger partial charge on any atom is 0.145 e. The Balaban J connectivity index is 2.26. The van der Waals surface area contributed by atoms with Crippen LogP contribution in [0.3, 0.4) is 0 Å². The van der Waals surface area contributed by atoms with Crippen LogP contribution in [0.1, 0.15) is 20.3 Å². The zero-order chi connectivity index (χ0) is 12.5. The van der Waals surface area contributed by atoms with Gasteiger partial charge in [-0.3, -0.25) is 0 Å². The molecule has 6 heteroatoms. The average molecular weight is 238 g/mol. The van der Waals surface area contributed by atoms with Gasteiger partial charge < -0.3 is 15.6 Å². The summed E-state index contributed by atoms with van der Waals surface area (Å²) in [5.41, 5.74) is 2.49. The number of rotatable bonds is 8. The van der Waals surface area contributed by atoms with Crippen molar-refractivity contribution in [3.63, 3.8) is 0 Å². The summed E-state index contributed by atoms with van der Waals surface area (Å²) in [4.78, 5) is 10.5. The number of hydrogen-bond donors (Lipinski definition) is 3. The molecule has 1 aromatic heterocycles. The van der Waals surface area contributed by atoms with Crippen LogP contribution in [-0.2, 0) is 0 Å². The predicted octanol–water partition coefficient (Wildman–Crippen LogP) is 0.906. The van der Waals surface area contributed by atoms with Crippen LogP contribution in [0.2, 0.25) is 0 Å². The molecule has 1 heterocycles. The fourth-order valence-corrected chi connectivity index (χ4v) is 1.59. The van der Waals surface area contributed by atoms with Crippen LogP contribution < -0.4 is 16.6 Å². The standard InChI is InChI=1S/C11H22N6/c1-3-17(4-2)7-5-6-13-10-8-11(16-12)15-9-14-10/h8-9H,3-7,12H2,1-2H3,(H2,13,14,15,16). The Bertz CT molecular complexity index is 313. The van der Waals surface area contributed by atoms with Crippen LogP contribution in [0.25, 0.3) is 0 Å². The first-order chi connectivity index (χ1) is 8.30. The fraction of sp³-hybridized carbons (Fsp3) is 0.636. The van der Waals surface area contributed by atoms with Gasteiger partial charge in [0.2, 0.25) is 0 Å². The number of aromatic nitrogens is 2. The van der Waals surface area contributed by atoms with Gasteiger partial charge in [0.25, 0.3) is 0 Å². The van der Waals surface area contributed by atoms with E-state index in [1.807, 2.05) is 0 Å². The SMILES string of the molecule is CCN(CC)CCCNc1cc(NN)ncn1. The van der Waals surface area contributed by atoms with Crippen molar-refractivity contribution in [1.29, 1.82) is 0 Å². The maximum atomic E-state index is 5.27. The van der Waals surface area contributed by atoms with Crippen LogP contribution in [0.5, 0.6) is 0 Å². The van der Waals surface area contributed by atoms with Crippen LogP contribution in [0.15, 0.2) is 12.4 Å². The second kappa shape index (κ2) is 7.81. The van der Waals surface area contributed by atoms with Gasteiger partial charge in [0.05, 0.1) is 0 Å².